The number of piperidine rings is 1. The van der Waals surface area contributed by atoms with Crippen molar-refractivity contribution in [2.75, 3.05) is 26.8 Å². The van der Waals surface area contributed by atoms with E-state index < -0.39 is 0 Å². The maximum atomic E-state index is 11.7. The molecule has 1 saturated carbocycles. The maximum Gasteiger partial charge on any atom is 0.248 e. The van der Waals surface area contributed by atoms with Crippen molar-refractivity contribution in [1.29, 1.82) is 0 Å². The summed E-state index contributed by atoms with van der Waals surface area (Å²) in [5, 5.41) is 3.79. The molecule has 4 heteroatoms. The van der Waals surface area contributed by atoms with Gasteiger partial charge in [0.1, 0.15) is 6.61 Å². The van der Waals surface area contributed by atoms with Crippen molar-refractivity contribution in [2.24, 2.45) is 5.92 Å². The molecule has 1 N–H and O–H groups in total. The summed E-state index contributed by atoms with van der Waals surface area (Å²) >= 11 is 0. The van der Waals surface area contributed by atoms with Crippen LogP contribution in [0.2, 0.25) is 0 Å². The number of rotatable bonds is 6. The fraction of sp³-hybridized carbons (Fsp3) is 0.929. The van der Waals surface area contributed by atoms with Gasteiger partial charge >= 0.3 is 0 Å². The normalized spacial score (nSPS) is 23.1. The summed E-state index contributed by atoms with van der Waals surface area (Å²) in [4.78, 5) is 13.6. The first-order valence-electron chi connectivity index (χ1n) is 7.27. The summed E-state index contributed by atoms with van der Waals surface area (Å²) in [6.07, 6.45) is 6.19. The predicted octanol–water partition coefficient (Wildman–Crippen LogP) is 1.40. The molecule has 4 nitrogen and oxygen atoms in total. The van der Waals surface area contributed by atoms with Crippen molar-refractivity contribution in [1.82, 2.24) is 10.2 Å². The number of nitrogens with zero attached hydrogens (tertiary/aromatic N) is 1. The van der Waals surface area contributed by atoms with Gasteiger partial charge in [-0.25, -0.2) is 0 Å². The minimum Gasteiger partial charge on any atom is -0.375 e. The second kappa shape index (κ2) is 6.53. The van der Waals surface area contributed by atoms with Crippen molar-refractivity contribution in [3.8, 4) is 0 Å². The summed E-state index contributed by atoms with van der Waals surface area (Å²) in [5.74, 6) is 1.05. The van der Waals surface area contributed by atoms with Crippen LogP contribution in [0.4, 0.5) is 0 Å². The van der Waals surface area contributed by atoms with Crippen molar-refractivity contribution in [3.05, 3.63) is 0 Å². The molecule has 104 valence electrons. The number of methoxy groups -OCH3 is 1. The van der Waals surface area contributed by atoms with Crippen LogP contribution in [0.3, 0.4) is 0 Å². The van der Waals surface area contributed by atoms with E-state index in [0.717, 1.165) is 31.8 Å². The Bertz CT molecular complexity index is 271. The summed E-state index contributed by atoms with van der Waals surface area (Å²) in [6, 6.07) is 1.30. The van der Waals surface area contributed by atoms with Gasteiger partial charge in [-0.1, -0.05) is 6.92 Å². The van der Waals surface area contributed by atoms with Crippen LogP contribution >= 0.6 is 0 Å². The minimum absolute atomic E-state index is 0.130. The van der Waals surface area contributed by atoms with Gasteiger partial charge in [-0.15, -0.1) is 0 Å². The van der Waals surface area contributed by atoms with E-state index in [1.54, 1.807) is 7.11 Å². The Morgan fingerprint density at radius 3 is 2.50 bits per heavy atom. The topological polar surface area (TPSA) is 41.6 Å². The molecule has 1 heterocycles. The first kappa shape index (κ1) is 13.8. The molecule has 1 amide bonds. The Morgan fingerprint density at radius 2 is 2.00 bits per heavy atom. The van der Waals surface area contributed by atoms with Gasteiger partial charge in [0.15, 0.2) is 0 Å². The van der Waals surface area contributed by atoms with Crippen molar-refractivity contribution < 1.29 is 9.53 Å². The third-order valence-electron chi connectivity index (χ3n) is 4.20. The molecular weight excluding hydrogens is 228 g/mol. The van der Waals surface area contributed by atoms with E-state index in [1.165, 1.54) is 19.3 Å². The molecule has 1 atom stereocenters. The standard InChI is InChI=1S/C14H26N2O2/c1-3-13(11-4-5-11)15-12-6-8-16(9-7-12)14(17)10-18-2/h11-13,15H,3-10H2,1-2H3. The first-order valence-corrected chi connectivity index (χ1v) is 7.27. The van der Waals surface area contributed by atoms with Gasteiger partial charge in [0.2, 0.25) is 5.91 Å². The number of nitrogens with one attached hydrogen (secondary N) is 1. The molecule has 1 aliphatic heterocycles. The van der Waals surface area contributed by atoms with Gasteiger partial charge < -0.3 is 15.0 Å². The molecule has 18 heavy (non-hydrogen) atoms. The number of hydrogen-bond donors (Lipinski definition) is 1. The van der Waals surface area contributed by atoms with E-state index in [0.29, 0.717) is 12.1 Å². The number of hydrogen-bond acceptors (Lipinski definition) is 3. The Hall–Kier alpha value is -0.610. The van der Waals surface area contributed by atoms with Crippen molar-refractivity contribution >= 4 is 5.91 Å². The van der Waals surface area contributed by atoms with Gasteiger partial charge in [-0.3, -0.25) is 4.79 Å². The second-order valence-corrected chi connectivity index (χ2v) is 5.61. The van der Waals surface area contributed by atoms with E-state index in [9.17, 15) is 4.79 Å². The molecule has 0 aromatic heterocycles. The van der Waals surface area contributed by atoms with Crippen LogP contribution in [0.5, 0.6) is 0 Å². The van der Waals surface area contributed by atoms with Crippen LogP contribution in [-0.2, 0) is 9.53 Å². The molecule has 0 bridgehead atoms. The average molecular weight is 254 g/mol. The zero-order valence-corrected chi connectivity index (χ0v) is 11.7. The minimum atomic E-state index is 0.130. The van der Waals surface area contributed by atoms with Crippen molar-refractivity contribution in [2.45, 2.75) is 51.1 Å². The first-order chi connectivity index (χ1) is 8.74. The molecule has 0 spiro atoms. The molecule has 2 rings (SSSR count). The van der Waals surface area contributed by atoms with Crippen LogP contribution in [0.1, 0.15) is 39.0 Å². The lowest BCUT2D eigenvalue weighted by atomic mass is 10.0. The van der Waals surface area contributed by atoms with Gasteiger partial charge in [0, 0.05) is 32.3 Å². The Morgan fingerprint density at radius 1 is 1.33 bits per heavy atom. The Kier molecular flexibility index (Phi) is 5.01. The molecule has 2 fully saturated rings. The Labute approximate surface area is 110 Å². The zero-order valence-electron chi connectivity index (χ0n) is 11.7. The van der Waals surface area contributed by atoms with E-state index in [-0.39, 0.29) is 12.5 Å². The van der Waals surface area contributed by atoms with E-state index >= 15 is 0 Å². The lowest BCUT2D eigenvalue weighted by molar-refractivity contribution is -0.136. The number of amides is 1. The fourth-order valence-corrected chi connectivity index (χ4v) is 2.90. The number of likely N-dealkylation sites (tertiary alicyclic amines) is 1. The molecular formula is C14H26N2O2. The van der Waals surface area contributed by atoms with Crippen LogP contribution in [-0.4, -0.2) is 49.7 Å². The van der Waals surface area contributed by atoms with Crippen LogP contribution in [0.25, 0.3) is 0 Å². The number of carbonyl (C=O) groups excluding carboxylic acids is 1. The molecule has 1 saturated heterocycles. The van der Waals surface area contributed by atoms with Crippen molar-refractivity contribution in [3.63, 3.8) is 0 Å². The molecule has 2 aliphatic rings. The highest BCUT2D eigenvalue weighted by atomic mass is 16.5. The number of ether oxygens (including phenoxy) is 1. The highest BCUT2D eigenvalue weighted by molar-refractivity contribution is 5.77. The van der Waals surface area contributed by atoms with E-state index in [2.05, 4.69) is 12.2 Å². The van der Waals surface area contributed by atoms with Gasteiger partial charge in [-0.05, 0) is 38.0 Å². The average Bonchev–Trinajstić information content (AvgIpc) is 3.21. The predicted molar refractivity (Wildman–Crippen MR) is 71.4 cm³/mol. The maximum absolute atomic E-state index is 11.7. The third-order valence-corrected chi connectivity index (χ3v) is 4.20. The molecule has 1 unspecified atom stereocenters. The van der Waals surface area contributed by atoms with Crippen LogP contribution in [0.15, 0.2) is 0 Å². The number of carbonyl (C=O) groups is 1. The quantitative estimate of drug-likeness (QED) is 0.779. The summed E-state index contributed by atoms with van der Waals surface area (Å²) in [7, 11) is 1.58. The van der Waals surface area contributed by atoms with E-state index in [1.807, 2.05) is 4.90 Å². The highest BCUT2D eigenvalue weighted by Crippen LogP contribution is 2.34. The van der Waals surface area contributed by atoms with Crippen LogP contribution < -0.4 is 5.32 Å². The van der Waals surface area contributed by atoms with Crippen LogP contribution in [0, 0.1) is 5.92 Å². The highest BCUT2D eigenvalue weighted by Gasteiger charge is 2.32. The smallest absolute Gasteiger partial charge is 0.248 e. The third kappa shape index (κ3) is 3.69. The lowest BCUT2D eigenvalue weighted by Gasteiger charge is -2.34. The van der Waals surface area contributed by atoms with Gasteiger partial charge in [0.05, 0.1) is 0 Å². The molecule has 1 aliphatic carbocycles. The SMILES string of the molecule is CCC(NC1CCN(C(=O)COC)CC1)C1CC1. The van der Waals surface area contributed by atoms with Gasteiger partial charge in [0.25, 0.3) is 0 Å². The lowest BCUT2D eigenvalue weighted by Crippen LogP contribution is -2.48. The Balaban J connectivity index is 1.70. The second-order valence-electron chi connectivity index (χ2n) is 5.61. The fourth-order valence-electron chi connectivity index (χ4n) is 2.90. The summed E-state index contributed by atoms with van der Waals surface area (Å²) in [5.41, 5.74) is 0. The summed E-state index contributed by atoms with van der Waals surface area (Å²) in [6.45, 7) is 4.24. The largest absolute Gasteiger partial charge is 0.375 e. The monoisotopic (exact) mass is 254 g/mol. The summed E-state index contributed by atoms with van der Waals surface area (Å²) < 4.78 is 4.90. The molecule has 0 radical (unpaired) electrons. The van der Waals surface area contributed by atoms with E-state index in [4.69, 9.17) is 4.74 Å². The molecule has 0 aromatic rings. The zero-order chi connectivity index (χ0) is 13.0. The molecule has 0 aromatic carbocycles. The van der Waals surface area contributed by atoms with Gasteiger partial charge in [-0.2, -0.15) is 0 Å².